The molecule has 1 unspecified atom stereocenters. The SMILES string of the molecule is CC(C#N)CN(C)Cc1ccc([N+](=O)[O-])c(NN)c1. The molecule has 0 aliphatic carbocycles. The third kappa shape index (κ3) is 4.21. The zero-order chi connectivity index (χ0) is 14.4. The highest BCUT2D eigenvalue weighted by Gasteiger charge is 2.14. The Balaban J connectivity index is 2.80. The van der Waals surface area contributed by atoms with Gasteiger partial charge in [0.2, 0.25) is 0 Å². The van der Waals surface area contributed by atoms with Crippen LogP contribution in [-0.4, -0.2) is 23.4 Å². The summed E-state index contributed by atoms with van der Waals surface area (Å²) in [7, 11) is 1.89. The maximum atomic E-state index is 10.8. The molecule has 0 saturated heterocycles. The van der Waals surface area contributed by atoms with Gasteiger partial charge in [0.1, 0.15) is 5.69 Å². The molecule has 0 aliphatic heterocycles. The first kappa shape index (κ1) is 14.9. The molecule has 0 radical (unpaired) electrons. The highest BCUT2D eigenvalue weighted by Crippen LogP contribution is 2.24. The Morgan fingerprint density at radius 2 is 2.32 bits per heavy atom. The summed E-state index contributed by atoms with van der Waals surface area (Å²) in [6.07, 6.45) is 0. The largest absolute Gasteiger partial charge is 0.318 e. The van der Waals surface area contributed by atoms with Gasteiger partial charge in [-0.05, 0) is 25.6 Å². The van der Waals surface area contributed by atoms with E-state index in [-0.39, 0.29) is 17.3 Å². The van der Waals surface area contributed by atoms with Crippen molar-refractivity contribution < 1.29 is 4.92 Å². The smallest absolute Gasteiger partial charge is 0.293 e. The van der Waals surface area contributed by atoms with Gasteiger partial charge in [-0.1, -0.05) is 6.07 Å². The number of nitro groups is 1. The Bertz CT molecular complexity index is 497. The molecule has 0 spiro atoms. The van der Waals surface area contributed by atoms with E-state index in [1.807, 2.05) is 18.9 Å². The maximum Gasteiger partial charge on any atom is 0.293 e. The van der Waals surface area contributed by atoms with Crippen LogP contribution in [0.15, 0.2) is 18.2 Å². The molecular weight excluding hydrogens is 246 g/mol. The number of nitrogen functional groups attached to an aromatic ring is 1. The molecule has 102 valence electrons. The molecule has 1 rings (SSSR count). The van der Waals surface area contributed by atoms with E-state index in [4.69, 9.17) is 11.1 Å². The molecule has 1 aromatic carbocycles. The highest BCUT2D eigenvalue weighted by atomic mass is 16.6. The van der Waals surface area contributed by atoms with E-state index in [0.717, 1.165) is 5.56 Å². The van der Waals surface area contributed by atoms with Crippen LogP contribution in [0.4, 0.5) is 11.4 Å². The normalized spacial score (nSPS) is 11.9. The van der Waals surface area contributed by atoms with Crippen molar-refractivity contribution in [2.45, 2.75) is 13.5 Å². The number of rotatable bonds is 6. The molecule has 0 heterocycles. The van der Waals surface area contributed by atoms with Crippen LogP contribution in [0.1, 0.15) is 12.5 Å². The van der Waals surface area contributed by atoms with E-state index in [1.165, 1.54) is 6.07 Å². The van der Waals surface area contributed by atoms with E-state index in [0.29, 0.717) is 13.1 Å². The van der Waals surface area contributed by atoms with Crippen molar-refractivity contribution in [3.8, 4) is 6.07 Å². The zero-order valence-corrected chi connectivity index (χ0v) is 11.0. The van der Waals surface area contributed by atoms with Gasteiger partial charge in [-0.2, -0.15) is 5.26 Å². The Hall–Kier alpha value is -2.17. The number of nitrogens with one attached hydrogen (secondary N) is 1. The van der Waals surface area contributed by atoms with Crippen molar-refractivity contribution in [3.63, 3.8) is 0 Å². The lowest BCUT2D eigenvalue weighted by Crippen LogP contribution is -2.23. The van der Waals surface area contributed by atoms with E-state index in [2.05, 4.69) is 11.5 Å². The quantitative estimate of drug-likeness (QED) is 0.457. The lowest BCUT2D eigenvalue weighted by molar-refractivity contribution is -0.384. The molecule has 7 nitrogen and oxygen atoms in total. The van der Waals surface area contributed by atoms with Gasteiger partial charge in [0.05, 0.1) is 16.9 Å². The topological polar surface area (TPSA) is 108 Å². The predicted octanol–water partition coefficient (Wildman–Crippen LogP) is 1.47. The first-order valence-electron chi connectivity index (χ1n) is 5.80. The van der Waals surface area contributed by atoms with Crippen LogP contribution in [0.2, 0.25) is 0 Å². The number of nitrogens with zero attached hydrogens (tertiary/aromatic N) is 3. The summed E-state index contributed by atoms with van der Waals surface area (Å²) >= 11 is 0. The van der Waals surface area contributed by atoms with Gasteiger partial charge in [-0.3, -0.25) is 16.0 Å². The van der Waals surface area contributed by atoms with Gasteiger partial charge >= 0.3 is 0 Å². The average Bonchev–Trinajstić information content (AvgIpc) is 2.37. The van der Waals surface area contributed by atoms with Crippen molar-refractivity contribution in [2.75, 3.05) is 19.0 Å². The summed E-state index contributed by atoms with van der Waals surface area (Å²) in [5.41, 5.74) is 3.45. The fourth-order valence-electron chi connectivity index (χ4n) is 1.84. The minimum atomic E-state index is -0.486. The van der Waals surface area contributed by atoms with Crippen LogP contribution in [0.3, 0.4) is 0 Å². The fourth-order valence-corrected chi connectivity index (χ4v) is 1.84. The second-order valence-electron chi connectivity index (χ2n) is 4.48. The monoisotopic (exact) mass is 263 g/mol. The maximum absolute atomic E-state index is 10.8. The first-order chi connectivity index (χ1) is 8.97. The van der Waals surface area contributed by atoms with E-state index in [1.54, 1.807) is 12.1 Å². The van der Waals surface area contributed by atoms with Crippen LogP contribution >= 0.6 is 0 Å². The van der Waals surface area contributed by atoms with Crippen molar-refractivity contribution in [2.24, 2.45) is 11.8 Å². The molecule has 0 amide bonds. The lowest BCUT2D eigenvalue weighted by atomic mass is 10.1. The molecular formula is C12H17N5O2. The minimum absolute atomic E-state index is 0.0562. The third-order valence-electron chi connectivity index (χ3n) is 2.67. The van der Waals surface area contributed by atoms with Crippen molar-refractivity contribution in [1.29, 1.82) is 5.26 Å². The Morgan fingerprint density at radius 1 is 1.63 bits per heavy atom. The summed E-state index contributed by atoms with van der Waals surface area (Å²) in [5.74, 6) is 5.22. The molecule has 0 bridgehead atoms. The molecule has 0 saturated carbocycles. The van der Waals surface area contributed by atoms with Gasteiger partial charge < -0.3 is 10.3 Å². The number of hydrogen-bond donors (Lipinski definition) is 2. The highest BCUT2D eigenvalue weighted by molar-refractivity contribution is 5.62. The summed E-state index contributed by atoms with van der Waals surface area (Å²) in [5, 5.41) is 19.5. The Kier molecular flexibility index (Phi) is 5.23. The summed E-state index contributed by atoms with van der Waals surface area (Å²) < 4.78 is 0. The van der Waals surface area contributed by atoms with Crippen LogP contribution in [0.5, 0.6) is 0 Å². The van der Waals surface area contributed by atoms with Gasteiger partial charge in [0.15, 0.2) is 0 Å². The Morgan fingerprint density at radius 3 is 2.84 bits per heavy atom. The van der Waals surface area contributed by atoms with Crippen LogP contribution in [-0.2, 0) is 6.54 Å². The predicted molar refractivity (Wildman–Crippen MR) is 72.0 cm³/mol. The van der Waals surface area contributed by atoms with Crippen molar-refractivity contribution >= 4 is 11.4 Å². The number of nitrogens with two attached hydrogens (primary N) is 1. The number of hydrogen-bond acceptors (Lipinski definition) is 6. The zero-order valence-electron chi connectivity index (χ0n) is 11.0. The molecule has 7 heteroatoms. The van der Waals surface area contributed by atoms with Crippen LogP contribution < -0.4 is 11.3 Å². The van der Waals surface area contributed by atoms with Crippen LogP contribution in [0.25, 0.3) is 0 Å². The summed E-state index contributed by atoms with van der Waals surface area (Å²) in [4.78, 5) is 12.3. The molecule has 19 heavy (non-hydrogen) atoms. The summed E-state index contributed by atoms with van der Waals surface area (Å²) in [6.45, 7) is 3.08. The van der Waals surface area contributed by atoms with E-state index >= 15 is 0 Å². The van der Waals surface area contributed by atoms with Gasteiger partial charge in [-0.25, -0.2) is 0 Å². The summed E-state index contributed by atoms with van der Waals surface area (Å²) in [6, 6.07) is 6.92. The fraction of sp³-hybridized carbons (Fsp3) is 0.417. The van der Waals surface area contributed by atoms with E-state index in [9.17, 15) is 10.1 Å². The van der Waals surface area contributed by atoms with Crippen molar-refractivity contribution in [1.82, 2.24) is 4.90 Å². The van der Waals surface area contributed by atoms with E-state index < -0.39 is 4.92 Å². The first-order valence-corrected chi connectivity index (χ1v) is 5.80. The molecule has 1 aromatic rings. The molecule has 0 aliphatic rings. The number of hydrazine groups is 1. The van der Waals surface area contributed by atoms with Gasteiger partial charge in [-0.15, -0.1) is 0 Å². The van der Waals surface area contributed by atoms with Crippen LogP contribution in [0, 0.1) is 27.4 Å². The number of anilines is 1. The van der Waals surface area contributed by atoms with Gasteiger partial charge in [0.25, 0.3) is 5.69 Å². The number of benzene rings is 1. The molecule has 0 fully saturated rings. The second-order valence-corrected chi connectivity index (χ2v) is 4.48. The molecule has 0 aromatic heterocycles. The second kappa shape index (κ2) is 6.68. The number of nitriles is 1. The standard InChI is InChI=1S/C12H17N5O2/c1-9(6-13)7-16(2)8-10-3-4-12(17(18)19)11(5-10)15-14/h3-5,9,15H,7-8,14H2,1-2H3. The molecule has 1 atom stereocenters. The molecule has 3 N–H and O–H groups in total. The average molecular weight is 263 g/mol. The Labute approximate surface area is 111 Å². The van der Waals surface area contributed by atoms with Gasteiger partial charge in [0, 0.05) is 19.2 Å². The lowest BCUT2D eigenvalue weighted by Gasteiger charge is -2.18. The number of nitro benzene ring substituents is 1. The minimum Gasteiger partial charge on any atom is -0.318 e. The van der Waals surface area contributed by atoms with Crippen molar-refractivity contribution in [3.05, 3.63) is 33.9 Å². The third-order valence-corrected chi connectivity index (χ3v) is 2.67.